The number of aromatic amines is 1. The molecule has 0 aliphatic rings. The van der Waals surface area contributed by atoms with E-state index in [1.165, 1.54) is 0 Å². The van der Waals surface area contributed by atoms with Crippen LogP contribution in [0.3, 0.4) is 0 Å². The van der Waals surface area contributed by atoms with Gasteiger partial charge < -0.3 is 4.98 Å². The summed E-state index contributed by atoms with van der Waals surface area (Å²) in [6.07, 6.45) is 6.44. The van der Waals surface area contributed by atoms with Gasteiger partial charge in [0.15, 0.2) is 0 Å². The van der Waals surface area contributed by atoms with Gasteiger partial charge in [-0.3, -0.25) is 9.78 Å². The quantitative estimate of drug-likeness (QED) is 0.594. The topological polar surface area (TPSA) is 70.1 Å². The summed E-state index contributed by atoms with van der Waals surface area (Å²) in [6.45, 7) is 0. The summed E-state index contributed by atoms with van der Waals surface area (Å²) in [5.41, 5.74) is 3.78. The van der Waals surface area contributed by atoms with Crippen LogP contribution in [0.2, 0.25) is 0 Å². The van der Waals surface area contributed by atoms with E-state index in [4.69, 9.17) is 0 Å². The number of rotatable bonds is 3. The van der Waals surface area contributed by atoms with Crippen LogP contribution in [0.5, 0.6) is 0 Å². The fourth-order valence-electron chi connectivity index (χ4n) is 1.15. The van der Waals surface area contributed by atoms with E-state index in [1.54, 1.807) is 36.9 Å². The summed E-state index contributed by atoms with van der Waals surface area (Å²) in [5.74, 6) is -0.259. The summed E-state index contributed by atoms with van der Waals surface area (Å²) in [7, 11) is 0. The van der Waals surface area contributed by atoms with Crippen molar-refractivity contribution < 1.29 is 4.79 Å². The van der Waals surface area contributed by atoms with Crippen LogP contribution in [-0.2, 0) is 0 Å². The molecule has 80 valence electrons. The Balaban J connectivity index is 1.94. The fraction of sp³-hybridized carbons (Fsp3) is 0. The Kier molecular flexibility index (Phi) is 3.08. The molecule has 2 heterocycles. The lowest BCUT2D eigenvalue weighted by Crippen LogP contribution is -2.17. The second-order valence-corrected chi connectivity index (χ2v) is 3.06. The number of amides is 1. The maximum atomic E-state index is 11.5. The van der Waals surface area contributed by atoms with Crippen molar-refractivity contribution >= 4 is 12.1 Å². The number of pyridine rings is 1. The van der Waals surface area contributed by atoms with Crippen LogP contribution < -0.4 is 5.43 Å². The molecule has 5 nitrogen and oxygen atoms in total. The van der Waals surface area contributed by atoms with Crippen molar-refractivity contribution in [3.05, 3.63) is 54.1 Å². The highest BCUT2D eigenvalue weighted by Gasteiger charge is 2.01. The second kappa shape index (κ2) is 4.88. The van der Waals surface area contributed by atoms with E-state index in [2.05, 4.69) is 20.5 Å². The SMILES string of the molecule is O=C(NN=Cc1ccc[nH]1)c1ccncc1. The Morgan fingerprint density at radius 2 is 2.19 bits per heavy atom. The Bertz CT molecular complexity index is 476. The Morgan fingerprint density at radius 3 is 2.88 bits per heavy atom. The van der Waals surface area contributed by atoms with Crippen molar-refractivity contribution in [3.8, 4) is 0 Å². The maximum Gasteiger partial charge on any atom is 0.271 e. The lowest BCUT2D eigenvalue weighted by molar-refractivity contribution is 0.0955. The normalized spacial score (nSPS) is 10.5. The second-order valence-electron chi connectivity index (χ2n) is 3.06. The number of hydrogen-bond donors (Lipinski definition) is 2. The van der Waals surface area contributed by atoms with Gasteiger partial charge in [0, 0.05) is 24.2 Å². The number of carbonyl (C=O) groups is 1. The number of nitrogens with zero attached hydrogens (tertiary/aromatic N) is 2. The van der Waals surface area contributed by atoms with Gasteiger partial charge in [0.25, 0.3) is 5.91 Å². The van der Waals surface area contributed by atoms with Crippen LogP contribution in [0.4, 0.5) is 0 Å². The average molecular weight is 214 g/mol. The van der Waals surface area contributed by atoms with Crippen LogP contribution >= 0.6 is 0 Å². The lowest BCUT2D eigenvalue weighted by Gasteiger charge is -1.97. The summed E-state index contributed by atoms with van der Waals surface area (Å²) in [5, 5.41) is 3.81. The van der Waals surface area contributed by atoms with E-state index in [0.29, 0.717) is 5.56 Å². The zero-order valence-corrected chi connectivity index (χ0v) is 8.42. The first-order valence-corrected chi connectivity index (χ1v) is 4.73. The van der Waals surface area contributed by atoms with Gasteiger partial charge in [-0.15, -0.1) is 0 Å². The van der Waals surface area contributed by atoms with Crippen molar-refractivity contribution in [2.75, 3.05) is 0 Å². The first-order valence-electron chi connectivity index (χ1n) is 4.73. The van der Waals surface area contributed by atoms with Gasteiger partial charge in [-0.25, -0.2) is 5.43 Å². The van der Waals surface area contributed by atoms with Crippen LogP contribution in [-0.4, -0.2) is 22.1 Å². The van der Waals surface area contributed by atoms with Crippen LogP contribution in [0.1, 0.15) is 16.1 Å². The number of hydrazone groups is 1. The minimum atomic E-state index is -0.259. The van der Waals surface area contributed by atoms with E-state index < -0.39 is 0 Å². The molecule has 0 atom stereocenters. The Hall–Kier alpha value is -2.43. The molecule has 0 spiro atoms. The third kappa shape index (κ3) is 2.54. The molecule has 0 saturated heterocycles. The molecule has 0 aromatic carbocycles. The Labute approximate surface area is 92.2 Å². The van der Waals surface area contributed by atoms with E-state index in [1.807, 2.05) is 12.1 Å². The van der Waals surface area contributed by atoms with Gasteiger partial charge in [-0.1, -0.05) is 0 Å². The molecule has 2 aromatic heterocycles. The number of hydrogen-bond acceptors (Lipinski definition) is 3. The summed E-state index contributed by atoms with van der Waals surface area (Å²) >= 11 is 0. The predicted octanol–water partition coefficient (Wildman–Crippen LogP) is 1.17. The number of H-pyrrole nitrogens is 1. The molecule has 2 rings (SSSR count). The van der Waals surface area contributed by atoms with Gasteiger partial charge in [0.1, 0.15) is 0 Å². The Morgan fingerprint density at radius 1 is 1.38 bits per heavy atom. The van der Waals surface area contributed by atoms with Crippen LogP contribution in [0, 0.1) is 0 Å². The molecular formula is C11H10N4O. The summed E-state index contributed by atoms with van der Waals surface area (Å²) in [4.78, 5) is 18.3. The molecule has 5 heteroatoms. The first-order chi connectivity index (χ1) is 7.86. The highest BCUT2D eigenvalue weighted by atomic mass is 16.2. The van der Waals surface area contributed by atoms with Crippen molar-refractivity contribution in [2.45, 2.75) is 0 Å². The predicted molar refractivity (Wildman–Crippen MR) is 60.1 cm³/mol. The molecule has 0 aliphatic heterocycles. The monoisotopic (exact) mass is 214 g/mol. The number of carbonyl (C=O) groups excluding carboxylic acids is 1. The summed E-state index contributed by atoms with van der Waals surface area (Å²) in [6, 6.07) is 6.95. The van der Waals surface area contributed by atoms with Crippen molar-refractivity contribution in [2.24, 2.45) is 5.10 Å². The van der Waals surface area contributed by atoms with Gasteiger partial charge in [-0.05, 0) is 24.3 Å². The molecule has 0 unspecified atom stereocenters. The molecule has 2 N–H and O–H groups in total. The molecule has 0 fully saturated rings. The van der Waals surface area contributed by atoms with E-state index >= 15 is 0 Å². The third-order valence-corrected chi connectivity index (χ3v) is 1.93. The van der Waals surface area contributed by atoms with E-state index in [9.17, 15) is 4.79 Å². The minimum absolute atomic E-state index is 0.259. The summed E-state index contributed by atoms with van der Waals surface area (Å²) < 4.78 is 0. The highest BCUT2D eigenvalue weighted by molar-refractivity contribution is 5.94. The van der Waals surface area contributed by atoms with Crippen LogP contribution in [0.15, 0.2) is 48.0 Å². The largest absolute Gasteiger partial charge is 0.360 e. The average Bonchev–Trinajstić information content (AvgIpc) is 2.83. The third-order valence-electron chi connectivity index (χ3n) is 1.93. The number of aromatic nitrogens is 2. The zero-order valence-electron chi connectivity index (χ0n) is 8.42. The first kappa shape index (κ1) is 10.1. The molecular weight excluding hydrogens is 204 g/mol. The van der Waals surface area contributed by atoms with Gasteiger partial charge in [0.2, 0.25) is 0 Å². The van der Waals surface area contributed by atoms with Gasteiger partial charge >= 0.3 is 0 Å². The van der Waals surface area contributed by atoms with Gasteiger partial charge in [0.05, 0.1) is 11.9 Å². The molecule has 0 radical (unpaired) electrons. The van der Waals surface area contributed by atoms with Crippen LogP contribution in [0.25, 0.3) is 0 Å². The fourth-order valence-corrected chi connectivity index (χ4v) is 1.15. The van der Waals surface area contributed by atoms with Crippen molar-refractivity contribution in [3.63, 3.8) is 0 Å². The minimum Gasteiger partial charge on any atom is -0.360 e. The van der Waals surface area contributed by atoms with E-state index in [0.717, 1.165) is 5.69 Å². The standard InChI is InChI=1S/C11H10N4O/c16-11(9-3-6-12-7-4-9)15-14-8-10-2-1-5-13-10/h1-8,13H,(H,15,16). The molecule has 0 bridgehead atoms. The molecule has 2 aromatic rings. The lowest BCUT2D eigenvalue weighted by atomic mass is 10.3. The molecule has 0 aliphatic carbocycles. The van der Waals surface area contributed by atoms with E-state index in [-0.39, 0.29) is 5.91 Å². The number of nitrogens with one attached hydrogen (secondary N) is 2. The van der Waals surface area contributed by atoms with Crippen molar-refractivity contribution in [1.29, 1.82) is 0 Å². The smallest absolute Gasteiger partial charge is 0.271 e. The van der Waals surface area contributed by atoms with Crippen molar-refractivity contribution in [1.82, 2.24) is 15.4 Å². The molecule has 0 saturated carbocycles. The zero-order chi connectivity index (χ0) is 11.2. The highest BCUT2D eigenvalue weighted by Crippen LogP contribution is 1.95. The molecule has 16 heavy (non-hydrogen) atoms. The maximum absolute atomic E-state index is 11.5. The molecule has 1 amide bonds. The van der Waals surface area contributed by atoms with Gasteiger partial charge in [-0.2, -0.15) is 5.10 Å².